The molecule has 0 spiro atoms. The van der Waals surface area contributed by atoms with E-state index in [1.54, 1.807) is 12.1 Å². The van der Waals surface area contributed by atoms with E-state index in [9.17, 15) is 9.59 Å². The van der Waals surface area contributed by atoms with Crippen molar-refractivity contribution in [3.63, 3.8) is 0 Å². The molecular weight excluding hydrogens is 312 g/mol. The third kappa shape index (κ3) is 3.06. The Balaban J connectivity index is 2.70. The fourth-order valence-electron chi connectivity index (χ4n) is 2.01. The molecule has 0 aliphatic carbocycles. The van der Waals surface area contributed by atoms with Gasteiger partial charge < -0.3 is 14.5 Å². The van der Waals surface area contributed by atoms with Gasteiger partial charge >= 0.3 is 5.69 Å². The van der Waals surface area contributed by atoms with E-state index in [4.69, 9.17) is 9.47 Å². The number of hydrogen-bond donors (Lipinski definition) is 3. The first-order chi connectivity index (χ1) is 10.0. The molecule has 2 aromatic rings. The predicted octanol–water partition coefficient (Wildman–Crippen LogP) is 0.935. The lowest BCUT2D eigenvalue weighted by atomic mass is 10.2. The van der Waals surface area contributed by atoms with E-state index in [1.807, 2.05) is 0 Å². The van der Waals surface area contributed by atoms with Crippen LogP contribution in [-0.2, 0) is 6.54 Å². The number of H-pyrrole nitrogens is 1. The van der Waals surface area contributed by atoms with E-state index in [0.29, 0.717) is 28.2 Å². The molecule has 21 heavy (non-hydrogen) atoms. The van der Waals surface area contributed by atoms with Gasteiger partial charge in [0.05, 0.1) is 25.1 Å². The van der Waals surface area contributed by atoms with Crippen molar-refractivity contribution in [2.24, 2.45) is 0 Å². The lowest BCUT2D eigenvalue weighted by molar-refractivity contribution is 0.355. The second kappa shape index (κ2) is 6.48. The first-order valence-corrected chi connectivity index (χ1v) is 7.34. The van der Waals surface area contributed by atoms with Gasteiger partial charge in [0.25, 0.3) is 5.56 Å². The van der Waals surface area contributed by atoms with E-state index < -0.39 is 11.2 Å². The van der Waals surface area contributed by atoms with Crippen LogP contribution >= 0.6 is 25.3 Å². The number of nitrogens with zero attached hydrogens (tertiary/aromatic N) is 1. The van der Waals surface area contributed by atoms with Gasteiger partial charge in [-0.05, 0) is 6.07 Å². The van der Waals surface area contributed by atoms with Gasteiger partial charge in [0.2, 0.25) is 0 Å². The van der Waals surface area contributed by atoms with E-state index in [2.05, 4.69) is 30.2 Å². The van der Waals surface area contributed by atoms with Gasteiger partial charge in [-0.15, -0.1) is 0 Å². The summed E-state index contributed by atoms with van der Waals surface area (Å²) in [5, 5.41) is 0.164. The molecule has 1 heterocycles. The zero-order chi connectivity index (χ0) is 15.6. The Kier molecular flexibility index (Phi) is 4.89. The molecule has 114 valence electrons. The van der Waals surface area contributed by atoms with Crippen LogP contribution in [0.1, 0.15) is 0 Å². The molecule has 2 rings (SSSR count). The molecule has 6 nitrogen and oxygen atoms in total. The van der Waals surface area contributed by atoms with Crippen LogP contribution in [0, 0.1) is 0 Å². The summed E-state index contributed by atoms with van der Waals surface area (Å²) in [6.07, 6.45) is 0. The molecule has 1 N–H and O–H groups in total. The number of ether oxygens (including phenoxy) is 2. The van der Waals surface area contributed by atoms with Crippen LogP contribution in [-0.4, -0.2) is 34.8 Å². The number of rotatable bonds is 5. The van der Waals surface area contributed by atoms with Crippen molar-refractivity contribution in [1.29, 1.82) is 0 Å². The summed E-state index contributed by atoms with van der Waals surface area (Å²) in [5.41, 5.74) is -0.475. The third-order valence-corrected chi connectivity index (χ3v) is 4.16. The summed E-state index contributed by atoms with van der Waals surface area (Å²) in [6, 6.07) is 3.12. The lowest BCUT2D eigenvalue weighted by Crippen LogP contribution is -2.37. The summed E-state index contributed by atoms with van der Waals surface area (Å²) in [5.74, 6) is 1.33. The molecule has 1 aromatic heterocycles. The van der Waals surface area contributed by atoms with Crippen molar-refractivity contribution in [3.05, 3.63) is 33.0 Å². The minimum atomic E-state index is -0.486. The quantitative estimate of drug-likeness (QED) is 0.714. The van der Waals surface area contributed by atoms with Crippen molar-refractivity contribution < 1.29 is 9.47 Å². The highest BCUT2D eigenvalue weighted by atomic mass is 32.1. The van der Waals surface area contributed by atoms with Gasteiger partial charge in [0, 0.05) is 23.6 Å². The van der Waals surface area contributed by atoms with Gasteiger partial charge in [-0.3, -0.25) is 9.36 Å². The summed E-state index contributed by atoms with van der Waals surface area (Å²) in [4.78, 5) is 27.2. The van der Waals surface area contributed by atoms with Crippen LogP contribution in [0.4, 0.5) is 0 Å². The normalized spacial score (nSPS) is 12.4. The first-order valence-electron chi connectivity index (χ1n) is 6.19. The molecule has 0 unspecified atom stereocenters. The number of thiol groups is 2. The SMILES string of the molecule is COc1cc2[nH]c(=O)n(C[C@@H](S)CS)c(=O)c2cc1OC. The number of nitrogens with one attached hydrogen (secondary N) is 1. The highest BCUT2D eigenvalue weighted by Gasteiger charge is 2.14. The van der Waals surface area contributed by atoms with Crippen LogP contribution in [0.5, 0.6) is 11.5 Å². The van der Waals surface area contributed by atoms with Crippen LogP contribution < -0.4 is 20.7 Å². The molecule has 0 aliphatic rings. The topological polar surface area (TPSA) is 73.3 Å². The van der Waals surface area contributed by atoms with Crippen LogP contribution in [0.15, 0.2) is 21.7 Å². The maximum Gasteiger partial charge on any atom is 0.328 e. The Morgan fingerprint density at radius 1 is 1.24 bits per heavy atom. The minimum absolute atomic E-state index is 0.186. The van der Waals surface area contributed by atoms with Crippen molar-refractivity contribution in [2.45, 2.75) is 11.8 Å². The zero-order valence-corrected chi connectivity index (χ0v) is 13.4. The maximum atomic E-state index is 12.5. The van der Waals surface area contributed by atoms with Crippen LogP contribution in [0.2, 0.25) is 0 Å². The van der Waals surface area contributed by atoms with Gasteiger partial charge in [-0.1, -0.05) is 0 Å². The fourth-order valence-corrected chi connectivity index (χ4v) is 2.29. The molecule has 0 fully saturated rings. The molecule has 0 bridgehead atoms. The lowest BCUT2D eigenvalue weighted by Gasteiger charge is -2.12. The average Bonchev–Trinajstić information content (AvgIpc) is 2.49. The van der Waals surface area contributed by atoms with Gasteiger partial charge in [-0.25, -0.2) is 4.79 Å². The van der Waals surface area contributed by atoms with Gasteiger partial charge in [0.15, 0.2) is 11.5 Å². The highest BCUT2D eigenvalue weighted by molar-refractivity contribution is 7.84. The van der Waals surface area contributed by atoms with E-state index in [-0.39, 0.29) is 11.8 Å². The van der Waals surface area contributed by atoms with E-state index >= 15 is 0 Å². The minimum Gasteiger partial charge on any atom is -0.493 e. The molecular formula is C13H16N2O4S2. The molecule has 1 aromatic carbocycles. The molecule has 0 radical (unpaired) electrons. The Hall–Kier alpha value is -1.54. The predicted molar refractivity (Wildman–Crippen MR) is 88.6 cm³/mol. The Morgan fingerprint density at radius 3 is 2.43 bits per heavy atom. The zero-order valence-electron chi connectivity index (χ0n) is 11.6. The van der Waals surface area contributed by atoms with E-state index in [1.165, 1.54) is 14.2 Å². The van der Waals surface area contributed by atoms with Gasteiger partial charge in [-0.2, -0.15) is 25.3 Å². The Labute approximate surface area is 131 Å². The maximum absolute atomic E-state index is 12.5. The first kappa shape index (κ1) is 15.8. The van der Waals surface area contributed by atoms with Crippen molar-refractivity contribution in [3.8, 4) is 11.5 Å². The van der Waals surface area contributed by atoms with Crippen molar-refractivity contribution >= 4 is 36.2 Å². The van der Waals surface area contributed by atoms with Crippen molar-refractivity contribution in [2.75, 3.05) is 20.0 Å². The third-order valence-electron chi connectivity index (χ3n) is 3.09. The van der Waals surface area contributed by atoms with Crippen LogP contribution in [0.3, 0.4) is 0 Å². The monoisotopic (exact) mass is 328 g/mol. The number of benzene rings is 1. The van der Waals surface area contributed by atoms with Crippen LogP contribution in [0.25, 0.3) is 10.9 Å². The molecule has 8 heteroatoms. The number of aromatic nitrogens is 2. The Bertz CT molecular complexity index is 769. The molecule has 1 atom stereocenters. The molecule has 0 amide bonds. The number of methoxy groups -OCH3 is 2. The molecule has 0 aliphatic heterocycles. The van der Waals surface area contributed by atoms with Gasteiger partial charge in [0.1, 0.15) is 0 Å². The number of fused-ring (bicyclic) bond motifs is 1. The largest absolute Gasteiger partial charge is 0.493 e. The summed E-state index contributed by atoms with van der Waals surface area (Å²) >= 11 is 8.37. The second-order valence-corrected chi connectivity index (χ2v) is 5.53. The van der Waals surface area contributed by atoms with E-state index in [0.717, 1.165) is 4.57 Å². The Morgan fingerprint density at radius 2 is 1.86 bits per heavy atom. The fraction of sp³-hybridized carbons (Fsp3) is 0.385. The van der Waals surface area contributed by atoms with Crippen molar-refractivity contribution in [1.82, 2.24) is 9.55 Å². The number of hydrogen-bond acceptors (Lipinski definition) is 6. The summed E-state index contributed by atoms with van der Waals surface area (Å²) in [6.45, 7) is 0.186. The summed E-state index contributed by atoms with van der Waals surface area (Å²) in [7, 11) is 2.97. The summed E-state index contributed by atoms with van der Waals surface area (Å²) < 4.78 is 11.5. The average molecular weight is 328 g/mol. The number of aromatic amines is 1. The second-order valence-electron chi connectivity index (χ2n) is 4.44. The molecule has 0 saturated carbocycles. The standard InChI is InChI=1S/C13H16N2O4S2/c1-18-10-3-8-9(4-11(10)19-2)14-13(17)15(12(8)16)5-7(21)6-20/h3-4,7,20-21H,5-6H2,1-2H3,(H,14,17)/t7-/m1/s1. The molecule has 0 saturated heterocycles. The highest BCUT2D eigenvalue weighted by Crippen LogP contribution is 2.29. The smallest absolute Gasteiger partial charge is 0.328 e.